The first-order valence-corrected chi connectivity index (χ1v) is 11.4. The monoisotopic (exact) mass is 438 g/mol. The molecule has 3 aliphatic heterocycles. The third-order valence-electron chi connectivity index (χ3n) is 7.23. The molecule has 0 bridgehead atoms. The molecule has 2 atom stereocenters. The molecule has 3 fully saturated rings. The van der Waals surface area contributed by atoms with E-state index in [-0.39, 0.29) is 17.7 Å². The number of amides is 2. The van der Waals surface area contributed by atoms with Gasteiger partial charge in [0.2, 0.25) is 5.91 Å². The summed E-state index contributed by atoms with van der Waals surface area (Å²) in [5, 5.41) is 0. The summed E-state index contributed by atoms with van der Waals surface area (Å²) in [6, 6.07) is 7.68. The maximum atomic E-state index is 13.9. The Balaban J connectivity index is 1.45. The van der Waals surface area contributed by atoms with Gasteiger partial charge in [0.25, 0.3) is 5.91 Å². The van der Waals surface area contributed by atoms with Crippen molar-refractivity contribution in [2.24, 2.45) is 11.3 Å². The van der Waals surface area contributed by atoms with Gasteiger partial charge in [0.1, 0.15) is 5.82 Å². The van der Waals surface area contributed by atoms with Crippen LogP contribution in [0.4, 0.5) is 5.82 Å². The largest absolute Gasteiger partial charge is 0.459 e. The predicted molar refractivity (Wildman–Crippen MR) is 118 cm³/mol. The molecule has 3 saturated heterocycles. The Kier molecular flexibility index (Phi) is 5.63. The zero-order chi connectivity index (χ0) is 22.1. The highest BCUT2D eigenvalue weighted by atomic mass is 16.5. The lowest BCUT2D eigenvalue weighted by atomic mass is 9.73. The van der Waals surface area contributed by atoms with E-state index < -0.39 is 5.41 Å². The topological polar surface area (TPSA) is 79.1 Å². The number of ether oxygens (including phenoxy) is 1. The minimum atomic E-state index is -0.526. The number of rotatable bonds is 3. The van der Waals surface area contributed by atoms with Gasteiger partial charge in [0.15, 0.2) is 5.76 Å². The molecule has 0 aliphatic carbocycles. The van der Waals surface area contributed by atoms with Gasteiger partial charge in [-0.2, -0.15) is 0 Å². The number of morpholine rings is 1. The molecule has 3 aliphatic rings. The van der Waals surface area contributed by atoms with E-state index in [0.29, 0.717) is 58.2 Å². The lowest BCUT2D eigenvalue weighted by molar-refractivity contribution is -0.148. The number of anilines is 1. The highest BCUT2D eigenvalue weighted by molar-refractivity contribution is 5.93. The minimum Gasteiger partial charge on any atom is -0.459 e. The van der Waals surface area contributed by atoms with E-state index in [4.69, 9.17) is 9.15 Å². The van der Waals surface area contributed by atoms with Gasteiger partial charge >= 0.3 is 0 Å². The van der Waals surface area contributed by atoms with Gasteiger partial charge < -0.3 is 23.9 Å². The molecule has 2 aromatic rings. The van der Waals surface area contributed by atoms with E-state index in [9.17, 15) is 9.59 Å². The highest BCUT2D eigenvalue weighted by Crippen LogP contribution is 2.45. The molecule has 0 spiro atoms. The van der Waals surface area contributed by atoms with E-state index >= 15 is 0 Å². The summed E-state index contributed by atoms with van der Waals surface area (Å²) in [7, 11) is 0. The number of likely N-dealkylation sites (tertiary alicyclic amines) is 1. The standard InChI is InChI=1S/C24H30N4O4/c1-18-6-12-32-21(18)22(29)27-9-4-7-24(23(30)26-10-13-31-14-11-26)17-28(16-19(24)15-27)20-5-2-3-8-25-20/h2-3,5-6,8,12,19H,4,7,9-11,13-17H2,1H3/t19-,24-/m0/s1. The summed E-state index contributed by atoms with van der Waals surface area (Å²) in [6.45, 7) is 6.82. The van der Waals surface area contributed by atoms with E-state index in [1.807, 2.05) is 41.0 Å². The third-order valence-corrected chi connectivity index (χ3v) is 7.23. The maximum absolute atomic E-state index is 13.9. The summed E-state index contributed by atoms with van der Waals surface area (Å²) < 4.78 is 11.0. The van der Waals surface area contributed by atoms with Crippen LogP contribution in [0.25, 0.3) is 0 Å². The fourth-order valence-corrected chi connectivity index (χ4v) is 5.50. The molecule has 2 amide bonds. The van der Waals surface area contributed by atoms with Crippen LogP contribution in [0.3, 0.4) is 0 Å². The molecule has 0 saturated carbocycles. The van der Waals surface area contributed by atoms with Crippen molar-refractivity contribution in [3.8, 4) is 0 Å². The van der Waals surface area contributed by atoms with E-state index in [2.05, 4.69) is 9.88 Å². The Bertz CT molecular complexity index is 971. The second-order valence-electron chi connectivity index (χ2n) is 9.11. The maximum Gasteiger partial charge on any atom is 0.289 e. The molecule has 8 nitrogen and oxygen atoms in total. The molecule has 5 rings (SSSR count). The summed E-state index contributed by atoms with van der Waals surface area (Å²) in [6.07, 6.45) is 4.90. The predicted octanol–water partition coefficient (Wildman–Crippen LogP) is 2.20. The number of pyridine rings is 1. The minimum absolute atomic E-state index is 0.0292. The summed E-state index contributed by atoms with van der Waals surface area (Å²) in [4.78, 5) is 37.8. The van der Waals surface area contributed by atoms with Gasteiger partial charge in [-0.25, -0.2) is 4.98 Å². The van der Waals surface area contributed by atoms with E-state index in [1.54, 1.807) is 12.5 Å². The number of hydrogen-bond donors (Lipinski definition) is 0. The number of carbonyl (C=O) groups is 2. The molecule has 8 heteroatoms. The Morgan fingerprint density at radius 2 is 1.94 bits per heavy atom. The van der Waals surface area contributed by atoms with Gasteiger partial charge in [-0.3, -0.25) is 9.59 Å². The molecular weight excluding hydrogens is 408 g/mol. The number of fused-ring (bicyclic) bond motifs is 1. The van der Waals surface area contributed by atoms with Crippen molar-refractivity contribution in [3.05, 3.63) is 48.0 Å². The zero-order valence-corrected chi connectivity index (χ0v) is 18.5. The van der Waals surface area contributed by atoms with Crippen LogP contribution in [0, 0.1) is 18.3 Å². The lowest BCUT2D eigenvalue weighted by Gasteiger charge is -2.38. The molecule has 170 valence electrons. The smallest absolute Gasteiger partial charge is 0.289 e. The van der Waals surface area contributed by atoms with Crippen LogP contribution in [0.2, 0.25) is 0 Å². The third kappa shape index (κ3) is 3.66. The zero-order valence-electron chi connectivity index (χ0n) is 18.5. The van der Waals surface area contributed by atoms with Gasteiger partial charge in [0.05, 0.1) is 24.9 Å². The van der Waals surface area contributed by atoms with Gasteiger partial charge in [-0.05, 0) is 38.0 Å². The van der Waals surface area contributed by atoms with Gasteiger partial charge in [-0.1, -0.05) is 6.07 Å². The number of aryl methyl sites for hydroxylation is 1. The van der Waals surface area contributed by atoms with Crippen LogP contribution in [-0.4, -0.2) is 79.1 Å². The van der Waals surface area contributed by atoms with Crippen LogP contribution < -0.4 is 4.90 Å². The average molecular weight is 439 g/mol. The number of hydrogen-bond acceptors (Lipinski definition) is 6. The SMILES string of the molecule is Cc1ccoc1C(=O)N1CCC[C@]2(C(=O)N3CCOCC3)CN(c3ccccn3)C[C@@H]2C1. The second-order valence-corrected chi connectivity index (χ2v) is 9.11. The average Bonchev–Trinajstić information content (AvgIpc) is 3.38. The van der Waals surface area contributed by atoms with Gasteiger partial charge in [-0.15, -0.1) is 0 Å². The highest BCUT2D eigenvalue weighted by Gasteiger charge is 2.55. The van der Waals surface area contributed by atoms with Crippen LogP contribution in [0.5, 0.6) is 0 Å². The number of carbonyl (C=O) groups excluding carboxylic acids is 2. The molecular formula is C24H30N4O4. The summed E-state index contributed by atoms with van der Waals surface area (Å²) in [5.74, 6) is 1.43. The molecule has 2 aromatic heterocycles. The number of furan rings is 1. The quantitative estimate of drug-likeness (QED) is 0.731. The Morgan fingerprint density at radius 3 is 2.66 bits per heavy atom. The first-order valence-electron chi connectivity index (χ1n) is 11.4. The first kappa shape index (κ1) is 21.0. The van der Waals surface area contributed by atoms with Crippen molar-refractivity contribution in [3.63, 3.8) is 0 Å². The molecule has 32 heavy (non-hydrogen) atoms. The Hall–Kier alpha value is -2.87. The van der Waals surface area contributed by atoms with Crippen molar-refractivity contribution in [2.45, 2.75) is 19.8 Å². The van der Waals surface area contributed by atoms with Crippen molar-refractivity contribution in [2.75, 3.05) is 57.4 Å². The number of aromatic nitrogens is 1. The number of nitrogens with zero attached hydrogens (tertiary/aromatic N) is 4. The molecule has 5 heterocycles. The Morgan fingerprint density at radius 1 is 1.09 bits per heavy atom. The van der Waals surface area contributed by atoms with E-state index in [1.165, 1.54) is 0 Å². The molecule has 0 radical (unpaired) electrons. The summed E-state index contributed by atoms with van der Waals surface area (Å²) >= 11 is 0. The molecule has 0 aromatic carbocycles. The Labute approximate surface area is 188 Å². The fraction of sp³-hybridized carbons (Fsp3) is 0.542. The molecule has 0 N–H and O–H groups in total. The molecule has 0 unspecified atom stereocenters. The van der Waals surface area contributed by atoms with Crippen LogP contribution >= 0.6 is 0 Å². The van der Waals surface area contributed by atoms with Crippen LogP contribution in [0.15, 0.2) is 41.1 Å². The normalized spacial score (nSPS) is 26.0. The van der Waals surface area contributed by atoms with Crippen molar-refractivity contribution in [1.82, 2.24) is 14.8 Å². The first-order chi connectivity index (χ1) is 15.6. The lowest BCUT2D eigenvalue weighted by Crippen LogP contribution is -2.53. The van der Waals surface area contributed by atoms with E-state index in [0.717, 1.165) is 24.2 Å². The van der Waals surface area contributed by atoms with Crippen molar-refractivity contribution in [1.29, 1.82) is 0 Å². The van der Waals surface area contributed by atoms with Gasteiger partial charge in [0, 0.05) is 56.9 Å². The van der Waals surface area contributed by atoms with Crippen LogP contribution in [-0.2, 0) is 9.53 Å². The van der Waals surface area contributed by atoms with Crippen molar-refractivity contribution < 1.29 is 18.7 Å². The van der Waals surface area contributed by atoms with Crippen molar-refractivity contribution >= 4 is 17.6 Å². The summed E-state index contributed by atoms with van der Waals surface area (Å²) in [5.41, 5.74) is 0.318. The second kappa shape index (κ2) is 8.58. The van der Waals surface area contributed by atoms with Crippen LogP contribution in [0.1, 0.15) is 29.0 Å². The fourth-order valence-electron chi connectivity index (χ4n) is 5.50.